The molecule has 0 saturated carbocycles. The van der Waals surface area contributed by atoms with Crippen molar-refractivity contribution < 1.29 is 24.7 Å². The summed E-state index contributed by atoms with van der Waals surface area (Å²) in [5, 5.41) is 30.2. The highest BCUT2D eigenvalue weighted by Gasteiger charge is 2.21. The summed E-state index contributed by atoms with van der Waals surface area (Å²) in [5.41, 5.74) is -0.131. The van der Waals surface area contributed by atoms with Gasteiger partial charge in [0.2, 0.25) is 0 Å². The fourth-order valence-electron chi connectivity index (χ4n) is 1.36. The molecule has 3 N–H and O–H groups in total. The van der Waals surface area contributed by atoms with Crippen LogP contribution in [0.25, 0.3) is 0 Å². The van der Waals surface area contributed by atoms with E-state index in [2.05, 4.69) is 5.32 Å². The Kier molecular flexibility index (Phi) is 4.33. The van der Waals surface area contributed by atoms with E-state index in [1.807, 2.05) is 0 Å². The molecule has 8 heteroatoms. The molecule has 0 bridgehead atoms. The van der Waals surface area contributed by atoms with Gasteiger partial charge in [0.25, 0.3) is 5.69 Å². The van der Waals surface area contributed by atoms with Gasteiger partial charge in [0.1, 0.15) is 6.04 Å². The normalized spacial score (nSPS) is 11.8. The van der Waals surface area contributed by atoms with Gasteiger partial charge in [-0.25, -0.2) is 0 Å². The summed E-state index contributed by atoms with van der Waals surface area (Å²) in [4.78, 5) is 31.2. The third-order valence-corrected chi connectivity index (χ3v) is 2.12. The Morgan fingerprint density at radius 1 is 1.39 bits per heavy atom. The quantitative estimate of drug-likeness (QED) is 0.494. The summed E-state index contributed by atoms with van der Waals surface area (Å²) >= 11 is 0. The number of nitro benzene ring substituents is 1. The van der Waals surface area contributed by atoms with E-state index in [9.17, 15) is 19.7 Å². The average Bonchev–Trinajstić information content (AvgIpc) is 2.28. The van der Waals surface area contributed by atoms with Gasteiger partial charge in [-0.15, -0.1) is 0 Å². The number of carboxylic acids is 2. The summed E-state index contributed by atoms with van der Waals surface area (Å²) in [5.74, 6) is -2.52. The Morgan fingerprint density at radius 3 is 2.56 bits per heavy atom. The van der Waals surface area contributed by atoms with E-state index in [1.165, 1.54) is 18.2 Å². The zero-order valence-corrected chi connectivity index (χ0v) is 9.07. The van der Waals surface area contributed by atoms with Crippen molar-refractivity contribution in [3.63, 3.8) is 0 Å². The predicted octanol–water partition coefficient (Wildman–Crippen LogP) is 0.395. The Hall–Kier alpha value is -2.48. The molecule has 1 aromatic carbocycles. The maximum atomic E-state index is 11.0. The molecule has 0 saturated heterocycles. The molecule has 0 aromatic heterocycles. The van der Waals surface area contributed by atoms with Gasteiger partial charge in [0.15, 0.2) is 0 Å². The van der Waals surface area contributed by atoms with Crippen LogP contribution in [0.2, 0.25) is 0 Å². The minimum absolute atomic E-state index is 0.123. The number of hydrogen-bond acceptors (Lipinski definition) is 5. The second kappa shape index (κ2) is 5.73. The minimum atomic E-state index is -1.31. The number of nitro groups is 1. The van der Waals surface area contributed by atoms with Crippen LogP contribution in [0.4, 0.5) is 5.69 Å². The highest BCUT2D eigenvalue weighted by atomic mass is 16.6. The topological polar surface area (TPSA) is 130 Å². The number of carboxylic acid groups (broad SMARTS) is 2. The lowest BCUT2D eigenvalue weighted by Gasteiger charge is -2.12. The molecule has 1 aromatic rings. The molecule has 0 heterocycles. The van der Waals surface area contributed by atoms with E-state index in [1.54, 1.807) is 0 Å². The number of hydrogen-bond donors (Lipinski definition) is 3. The van der Waals surface area contributed by atoms with Gasteiger partial charge >= 0.3 is 11.9 Å². The number of nitrogens with one attached hydrogen (secondary N) is 1. The Balaban J connectivity index is 2.98. The van der Waals surface area contributed by atoms with Gasteiger partial charge < -0.3 is 10.2 Å². The van der Waals surface area contributed by atoms with Gasteiger partial charge in [-0.3, -0.25) is 25.0 Å². The van der Waals surface area contributed by atoms with Crippen LogP contribution in [-0.2, 0) is 9.59 Å². The molecule has 0 radical (unpaired) electrons. The molecule has 18 heavy (non-hydrogen) atoms. The third-order valence-electron chi connectivity index (χ3n) is 2.12. The number of rotatable bonds is 6. The molecule has 0 spiro atoms. The van der Waals surface area contributed by atoms with Crippen LogP contribution in [-0.4, -0.2) is 33.6 Å². The molecule has 1 atom stereocenters. The van der Waals surface area contributed by atoms with Crippen LogP contribution >= 0.6 is 0 Å². The number of nitrogens with zero attached hydrogens (tertiary/aromatic N) is 1. The highest BCUT2D eigenvalue weighted by Crippen LogP contribution is 2.19. The van der Waals surface area contributed by atoms with Crippen molar-refractivity contribution in [3.8, 4) is 0 Å². The van der Waals surface area contributed by atoms with Crippen LogP contribution in [0, 0.1) is 10.1 Å². The molecule has 0 fully saturated rings. The molecule has 1 rings (SSSR count). The molecular formula is C10H10N2O6. The number of non-ortho nitro benzene ring substituents is 1. The van der Waals surface area contributed by atoms with Crippen molar-refractivity contribution in [2.45, 2.75) is 6.04 Å². The zero-order chi connectivity index (χ0) is 13.7. The highest BCUT2D eigenvalue weighted by molar-refractivity contribution is 5.77. The molecular weight excluding hydrogens is 244 g/mol. The molecule has 8 nitrogen and oxygen atoms in total. The largest absolute Gasteiger partial charge is 0.480 e. The van der Waals surface area contributed by atoms with Crippen molar-refractivity contribution in [3.05, 3.63) is 39.9 Å². The van der Waals surface area contributed by atoms with E-state index in [0.29, 0.717) is 0 Å². The number of benzene rings is 1. The van der Waals surface area contributed by atoms with Crippen LogP contribution in [0.3, 0.4) is 0 Å². The number of carbonyl (C=O) groups is 2. The van der Waals surface area contributed by atoms with Crippen LogP contribution in [0.5, 0.6) is 0 Å². The lowest BCUT2D eigenvalue weighted by atomic mass is 10.1. The van der Waals surface area contributed by atoms with Crippen molar-refractivity contribution >= 4 is 17.6 Å². The first kappa shape index (κ1) is 13.6. The third kappa shape index (κ3) is 3.52. The van der Waals surface area contributed by atoms with Gasteiger partial charge in [0.05, 0.1) is 11.5 Å². The maximum Gasteiger partial charge on any atom is 0.325 e. The van der Waals surface area contributed by atoms with Gasteiger partial charge in [0, 0.05) is 12.1 Å². The molecule has 1 unspecified atom stereocenters. The minimum Gasteiger partial charge on any atom is -0.480 e. The Morgan fingerprint density at radius 2 is 2.06 bits per heavy atom. The van der Waals surface area contributed by atoms with Crippen molar-refractivity contribution in [1.82, 2.24) is 5.32 Å². The first-order valence-corrected chi connectivity index (χ1v) is 4.84. The number of aliphatic carboxylic acids is 2. The second-order valence-corrected chi connectivity index (χ2v) is 3.40. The Labute approximate surface area is 101 Å². The van der Waals surface area contributed by atoms with Gasteiger partial charge in [-0.1, -0.05) is 12.1 Å². The summed E-state index contributed by atoms with van der Waals surface area (Å²) in [6, 6.07) is 3.72. The summed E-state index contributed by atoms with van der Waals surface area (Å²) in [6.45, 7) is -0.556. The lowest BCUT2D eigenvalue weighted by Crippen LogP contribution is -2.32. The fourth-order valence-corrected chi connectivity index (χ4v) is 1.36. The monoisotopic (exact) mass is 254 g/mol. The lowest BCUT2D eigenvalue weighted by molar-refractivity contribution is -0.384. The van der Waals surface area contributed by atoms with Crippen molar-refractivity contribution in [1.29, 1.82) is 0 Å². The molecule has 0 amide bonds. The van der Waals surface area contributed by atoms with E-state index in [4.69, 9.17) is 10.2 Å². The van der Waals surface area contributed by atoms with E-state index in [0.717, 1.165) is 6.07 Å². The molecule has 0 aliphatic heterocycles. The standard InChI is InChI=1S/C10H10N2O6/c13-8(14)5-11-9(10(15)16)6-2-1-3-7(4-6)12(17)18/h1-4,9,11H,5H2,(H,13,14)(H,15,16). The van der Waals surface area contributed by atoms with E-state index < -0.39 is 29.4 Å². The SMILES string of the molecule is O=C(O)CNC(C(=O)O)c1cccc([N+](=O)[O-])c1. The molecule has 0 aliphatic carbocycles. The van der Waals surface area contributed by atoms with Crippen molar-refractivity contribution in [2.24, 2.45) is 0 Å². The molecule has 96 valence electrons. The van der Waals surface area contributed by atoms with Crippen molar-refractivity contribution in [2.75, 3.05) is 6.54 Å². The maximum absolute atomic E-state index is 11.0. The summed E-state index contributed by atoms with van der Waals surface area (Å²) in [6.07, 6.45) is 0. The fraction of sp³-hybridized carbons (Fsp3) is 0.200. The first-order valence-electron chi connectivity index (χ1n) is 4.84. The van der Waals surface area contributed by atoms with Crippen LogP contribution in [0.1, 0.15) is 11.6 Å². The van der Waals surface area contributed by atoms with E-state index in [-0.39, 0.29) is 11.3 Å². The summed E-state index contributed by atoms with van der Waals surface area (Å²) in [7, 11) is 0. The zero-order valence-electron chi connectivity index (χ0n) is 9.07. The summed E-state index contributed by atoms with van der Waals surface area (Å²) < 4.78 is 0. The first-order chi connectivity index (χ1) is 8.41. The predicted molar refractivity (Wildman–Crippen MR) is 59.1 cm³/mol. The van der Waals surface area contributed by atoms with E-state index >= 15 is 0 Å². The average molecular weight is 254 g/mol. The Bertz CT molecular complexity index is 487. The molecule has 0 aliphatic rings. The second-order valence-electron chi connectivity index (χ2n) is 3.40. The van der Waals surface area contributed by atoms with Crippen LogP contribution < -0.4 is 5.32 Å². The van der Waals surface area contributed by atoms with Gasteiger partial charge in [-0.2, -0.15) is 0 Å². The van der Waals surface area contributed by atoms with Gasteiger partial charge in [-0.05, 0) is 5.56 Å². The van der Waals surface area contributed by atoms with Crippen LogP contribution in [0.15, 0.2) is 24.3 Å². The smallest absolute Gasteiger partial charge is 0.325 e.